The van der Waals surface area contributed by atoms with Crippen LogP contribution in [0.15, 0.2) is 18.6 Å². The fourth-order valence-electron chi connectivity index (χ4n) is 1.32. The average Bonchev–Trinajstić information content (AvgIpc) is 2.76. The normalized spacial score (nSPS) is 10.8. The molecule has 0 aliphatic rings. The van der Waals surface area contributed by atoms with Crippen LogP contribution in [-0.4, -0.2) is 24.5 Å². The lowest BCUT2D eigenvalue weighted by molar-refractivity contribution is 0.628. The summed E-state index contributed by atoms with van der Waals surface area (Å²) >= 11 is 0. The van der Waals surface area contributed by atoms with Crippen LogP contribution >= 0.6 is 0 Å². The van der Waals surface area contributed by atoms with Gasteiger partial charge in [-0.2, -0.15) is 10.2 Å². The lowest BCUT2D eigenvalue weighted by Crippen LogP contribution is -2.14. The van der Waals surface area contributed by atoms with Crippen LogP contribution in [-0.2, 0) is 27.2 Å². The van der Waals surface area contributed by atoms with Crippen molar-refractivity contribution in [3.63, 3.8) is 0 Å². The highest BCUT2D eigenvalue weighted by molar-refractivity contribution is 4.98. The molecule has 2 heterocycles. The van der Waals surface area contributed by atoms with Gasteiger partial charge in [-0.3, -0.25) is 9.36 Å². The first-order chi connectivity index (χ1) is 7.24. The molecule has 0 unspecified atom stereocenters. The summed E-state index contributed by atoms with van der Waals surface area (Å²) in [4.78, 5) is 4.12. The Balaban J connectivity index is 1.80. The van der Waals surface area contributed by atoms with Crippen LogP contribution in [0.5, 0.6) is 0 Å². The van der Waals surface area contributed by atoms with Crippen molar-refractivity contribution < 1.29 is 0 Å². The second-order valence-corrected chi connectivity index (χ2v) is 3.42. The van der Waals surface area contributed by atoms with Crippen LogP contribution in [0.2, 0.25) is 0 Å². The van der Waals surface area contributed by atoms with Gasteiger partial charge in [0.25, 0.3) is 0 Å². The molecule has 15 heavy (non-hydrogen) atoms. The topological polar surface area (TPSA) is 60.6 Å². The molecule has 0 aliphatic carbocycles. The van der Waals surface area contributed by atoms with Crippen LogP contribution in [0.4, 0.5) is 0 Å². The van der Waals surface area contributed by atoms with Crippen molar-refractivity contribution in [3.05, 3.63) is 30.1 Å². The van der Waals surface area contributed by atoms with Gasteiger partial charge in [-0.25, -0.2) is 4.98 Å². The van der Waals surface area contributed by atoms with Crippen molar-refractivity contribution in [3.8, 4) is 0 Å². The van der Waals surface area contributed by atoms with Crippen molar-refractivity contribution in [2.24, 2.45) is 14.1 Å². The monoisotopic (exact) mass is 206 g/mol. The molecule has 1 N–H and O–H groups in total. The zero-order valence-electron chi connectivity index (χ0n) is 8.88. The standard InChI is InChI=1S/C9H14N6/c1-14-4-3-8(12-14)5-10-6-9-11-7-15(2)13-9/h3-4,7,10H,5-6H2,1-2H3. The molecule has 0 bridgehead atoms. The van der Waals surface area contributed by atoms with Crippen LogP contribution in [0, 0.1) is 0 Å². The van der Waals surface area contributed by atoms with Gasteiger partial charge in [0.05, 0.1) is 12.2 Å². The summed E-state index contributed by atoms with van der Waals surface area (Å²) in [6.07, 6.45) is 3.62. The van der Waals surface area contributed by atoms with E-state index in [1.54, 1.807) is 15.7 Å². The molecule has 6 heteroatoms. The van der Waals surface area contributed by atoms with Crippen LogP contribution in [0.25, 0.3) is 0 Å². The fourth-order valence-corrected chi connectivity index (χ4v) is 1.32. The largest absolute Gasteiger partial charge is 0.304 e. The summed E-state index contributed by atoms with van der Waals surface area (Å²) in [5, 5.41) is 11.7. The summed E-state index contributed by atoms with van der Waals surface area (Å²) in [7, 11) is 3.76. The molecule has 0 amide bonds. The van der Waals surface area contributed by atoms with Crippen molar-refractivity contribution in [2.45, 2.75) is 13.1 Å². The summed E-state index contributed by atoms with van der Waals surface area (Å²) in [6, 6.07) is 1.98. The maximum absolute atomic E-state index is 4.26. The molecule has 0 saturated carbocycles. The van der Waals surface area contributed by atoms with Crippen molar-refractivity contribution in [1.82, 2.24) is 29.9 Å². The highest BCUT2D eigenvalue weighted by atomic mass is 15.3. The molecule has 2 aromatic rings. The lowest BCUT2D eigenvalue weighted by Gasteiger charge is -1.98. The first-order valence-electron chi connectivity index (χ1n) is 4.78. The third kappa shape index (κ3) is 2.63. The van der Waals surface area contributed by atoms with Gasteiger partial charge in [-0.15, -0.1) is 0 Å². The number of aromatic nitrogens is 5. The Kier molecular flexibility index (Phi) is 2.77. The van der Waals surface area contributed by atoms with Gasteiger partial charge in [-0.1, -0.05) is 0 Å². The zero-order valence-corrected chi connectivity index (χ0v) is 8.88. The maximum atomic E-state index is 4.26. The Morgan fingerprint density at radius 2 is 2.07 bits per heavy atom. The molecule has 0 spiro atoms. The number of aryl methyl sites for hydroxylation is 2. The van der Waals surface area contributed by atoms with E-state index >= 15 is 0 Å². The Bertz CT molecular complexity index is 389. The SMILES string of the molecule is Cn1ccc(CNCc2ncn(C)n2)n1. The van der Waals surface area contributed by atoms with E-state index in [1.165, 1.54) is 0 Å². The van der Waals surface area contributed by atoms with Crippen molar-refractivity contribution in [1.29, 1.82) is 0 Å². The zero-order chi connectivity index (χ0) is 10.7. The summed E-state index contributed by atoms with van der Waals surface area (Å²) < 4.78 is 3.48. The van der Waals surface area contributed by atoms with Gasteiger partial charge >= 0.3 is 0 Å². The maximum Gasteiger partial charge on any atom is 0.164 e. The second-order valence-electron chi connectivity index (χ2n) is 3.42. The first kappa shape index (κ1) is 9.85. The van der Waals surface area contributed by atoms with Gasteiger partial charge in [0.2, 0.25) is 0 Å². The van der Waals surface area contributed by atoms with Gasteiger partial charge in [-0.05, 0) is 6.07 Å². The highest BCUT2D eigenvalue weighted by Crippen LogP contribution is 1.94. The molecule has 80 valence electrons. The molecule has 6 nitrogen and oxygen atoms in total. The van der Waals surface area contributed by atoms with Gasteiger partial charge in [0.15, 0.2) is 5.82 Å². The number of hydrogen-bond donors (Lipinski definition) is 1. The molecule has 0 aromatic carbocycles. The molecule has 0 atom stereocenters. The molecule has 0 saturated heterocycles. The molecular formula is C9H14N6. The van der Waals surface area contributed by atoms with E-state index in [0.29, 0.717) is 6.54 Å². The molecule has 0 radical (unpaired) electrons. The van der Waals surface area contributed by atoms with Crippen LogP contribution in [0.1, 0.15) is 11.5 Å². The predicted octanol–water partition coefficient (Wildman–Crippen LogP) is -0.162. The third-order valence-corrected chi connectivity index (χ3v) is 2.01. The minimum atomic E-state index is 0.664. The highest BCUT2D eigenvalue weighted by Gasteiger charge is 1.99. The minimum Gasteiger partial charge on any atom is -0.304 e. The van der Waals surface area contributed by atoms with Crippen LogP contribution < -0.4 is 5.32 Å². The Morgan fingerprint density at radius 3 is 2.67 bits per heavy atom. The summed E-state index contributed by atoms with van der Waals surface area (Å²) in [5.74, 6) is 0.799. The van der Waals surface area contributed by atoms with E-state index < -0.39 is 0 Å². The van der Waals surface area contributed by atoms with Crippen molar-refractivity contribution >= 4 is 0 Å². The number of nitrogens with zero attached hydrogens (tertiary/aromatic N) is 5. The smallest absolute Gasteiger partial charge is 0.164 e. The summed E-state index contributed by atoms with van der Waals surface area (Å²) in [6.45, 7) is 1.40. The Labute approximate surface area is 87.9 Å². The number of hydrogen-bond acceptors (Lipinski definition) is 4. The first-order valence-corrected chi connectivity index (χ1v) is 4.78. The molecule has 2 rings (SSSR count). The van der Waals surface area contributed by atoms with E-state index in [2.05, 4.69) is 20.5 Å². The number of rotatable bonds is 4. The van der Waals surface area contributed by atoms with E-state index in [1.807, 2.05) is 26.4 Å². The quantitative estimate of drug-likeness (QED) is 0.755. The number of nitrogens with one attached hydrogen (secondary N) is 1. The predicted molar refractivity (Wildman–Crippen MR) is 54.8 cm³/mol. The van der Waals surface area contributed by atoms with Crippen molar-refractivity contribution in [2.75, 3.05) is 0 Å². The van der Waals surface area contributed by atoms with Gasteiger partial charge in [0, 0.05) is 26.8 Å². The fraction of sp³-hybridized carbons (Fsp3) is 0.444. The third-order valence-electron chi connectivity index (χ3n) is 2.01. The van der Waals surface area contributed by atoms with E-state index in [0.717, 1.165) is 18.1 Å². The second kappa shape index (κ2) is 4.22. The van der Waals surface area contributed by atoms with E-state index in [4.69, 9.17) is 0 Å². The average molecular weight is 206 g/mol. The van der Waals surface area contributed by atoms with E-state index in [9.17, 15) is 0 Å². The molecule has 0 aliphatic heterocycles. The molecular weight excluding hydrogens is 192 g/mol. The lowest BCUT2D eigenvalue weighted by atomic mass is 10.4. The molecule has 0 fully saturated rings. The van der Waals surface area contributed by atoms with Gasteiger partial charge in [0.1, 0.15) is 6.33 Å². The molecule has 2 aromatic heterocycles. The minimum absolute atomic E-state index is 0.664. The van der Waals surface area contributed by atoms with Crippen LogP contribution in [0.3, 0.4) is 0 Å². The summed E-state index contributed by atoms with van der Waals surface area (Å²) in [5.41, 5.74) is 1.02. The Hall–Kier alpha value is -1.69. The Morgan fingerprint density at radius 1 is 1.20 bits per heavy atom. The van der Waals surface area contributed by atoms with Gasteiger partial charge < -0.3 is 5.32 Å². The van der Waals surface area contributed by atoms with E-state index in [-0.39, 0.29) is 0 Å².